The largest absolute Gasteiger partial charge is 0.419 e. The Labute approximate surface area is 208 Å². The number of rotatable bonds is 9. The maximum absolute atomic E-state index is 14.8. The summed E-state index contributed by atoms with van der Waals surface area (Å²) in [5.74, 6) is -0.465. The standard InChI is InChI=1S/C24H27FN6O4S/c1-14(9-10-32)36(33,34)20-8-7-17(11-18(20)25)19-13-28-22(26)21(29-19)24-31-30-23(35-24)16-5-3-15(4-6-16)12-27-2/h3-5,7-8,11,13-14,16,27,32H,6,9-10,12H2,1-2H3,(H2,26,28). The number of hydrogen-bond acceptors (Lipinski definition) is 10. The summed E-state index contributed by atoms with van der Waals surface area (Å²) >= 11 is 0. The van der Waals surface area contributed by atoms with Crippen molar-refractivity contribution in [1.29, 1.82) is 0 Å². The number of nitrogens with one attached hydrogen (secondary N) is 1. The molecule has 36 heavy (non-hydrogen) atoms. The van der Waals surface area contributed by atoms with Gasteiger partial charge in [-0.1, -0.05) is 24.3 Å². The maximum Gasteiger partial charge on any atom is 0.270 e. The van der Waals surface area contributed by atoms with E-state index < -0.39 is 25.8 Å². The highest BCUT2D eigenvalue weighted by Gasteiger charge is 2.27. The van der Waals surface area contributed by atoms with Crippen molar-refractivity contribution in [2.75, 3.05) is 25.9 Å². The van der Waals surface area contributed by atoms with Gasteiger partial charge in [-0.05, 0) is 44.5 Å². The number of benzene rings is 1. The van der Waals surface area contributed by atoms with E-state index in [1.807, 2.05) is 19.2 Å². The third-order valence-electron chi connectivity index (χ3n) is 5.92. The van der Waals surface area contributed by atoms with Gasteiger partial charge in [0, 0.05) is 18.7 Å². The lowest BCUT2D eigenvalue weighted by atomic mass is 9.97. The number of nitrogens with zero attached hydrogens (tertiary/aromatic N) is 4. The Balaban J connectivity index is 1.60. The predicted molar refractivity (Wildman–Crippen MR) is 132 cm³/mol. The van der Waals surface area contributed by atoms with E-state index in [2.05, 4.69) is 31.6 Å². The van der Waals surface area contributed by atoms with E-state index in [1.54, 1.807) is 0 Å². The summed E-state index contributed by atoms with van der Waals surface area (Å²) in [5.41, 5.74) is 7.87. The van der Waals surface area contributed by atoms with Gasteiger partial charge < -0.3 is 20.6 Å². The van der Waals surface area contributed by atoms with Crippen LogP contribution in [0, 0.1) is 5.82 Å². The van der Waals surface area contributed by atoms with Crippen molar-refractivity contribution < 1.29 is 22.3 Å². The lowest BCUT2D eigenvalue weighted by Gasteiger charge is -2.13. The molecule has 1 aliphatic rings. The van der Waals surface area contributed by atoms with Crippen LogP contribution in [0.15, 0.2) is 57.5 Å². The van der Waals surface area contributed by atoms with Crippen molar-refractivity contribution in [3.05, 3.63) is 59.9 Å². The van der Waals surface area contributed by atoms with Crippen molar-refractivity contribution in [2.45, 2.75) is 35.8 Å². The topological polar surface area (TPSA) is 157 Å². The summed E-state index contributed by atoms with van der Waals surface area (Å²) in [6.07, 6.45) is 8.17. The molecule has 1 aliphatic carbocycles. The number of anilines is 1. The fraction of sp³-hybridized carbons (Fsp3) is 0.333. The van der Waals surface area contributed by atoms with E-state index >= 15 is 0 Å². The van der Waals surface area contributed by atoms with Gasteiger partial charge >= 0.3 is 0 Å². The lowest BCUT2D eigenvalue weighted by molar-refractivity contribution is 0.287. The van der Waals surface area contributed by atoms with Crippen LogP contribution < -0.4 is 11.1 Å². The normalized spacial score (nSPS) is 16.7. The van der Waals surface area contributed by atoms with Gasteiger partial charge in [0.15, 0.2) is 21.3 Å². The smallest absolute Gasteiger partial charge is 0.270 e. The van der Waals surface area contributed by atoms with E-state index in [0.717, 1.165) is 12.6 Å². The van der Waals surface area contributed by atoms with Crippen molar-refractivity contribution >= 4 is 15.7 Å². The van der Waals surface area contributed by atoms with Crippen LogP contribution in [0.25, 0.3) is 22.8 Å². The van der Waals surface area contributed by atoms with Crippen LogP contribution in [0.5, 0.6) is 0 Å². The van der Waals surface area contributed by atoms with Crippen molar-refractivity contribution in [1.82, 2.24) is 25.5 Å². The molecule has 12 heteroatoms. The first-order valence-corrected chi connectivity index (χ1v) is 12.9. The number of aromatic nitrogens is 4. The van der Waals surface area contributed by atoms with Crippen LogP contribution in [-0.4, -0.2) is 59.1 Å². The zero-order valence-electron chi connectivity index (χ0n) is 19.8. The second-order valence-electron chi connectivity index (χ2n) is 8.46. The van der Waals surface area contributed by atoms with Gasteiger partial charge in [0.1, 0.15) is 10.7 Å². The Morgan fingerprint density at radius 2 is 2.14 bits per heavy atom. The molecule has 1 aromatic carbocycles. The van der Waals surface area contributed by atoms with Gasteiger partial charge in [-0.25, -0.2) is 22.8 Å². The minimum absolute atomic E-state index is 0.00649. The van der Waals surface area contributed by atoms with Crippen LogP contribution in [0.3, 0.4) is 0 Å². The van der Waals surface area contributed by atoms with Crippen LogP contribution in [0.4, 0.5) is 10.2 Å². The summed E-state index contributed by atoms with van der Waals surface area (Å²) < 4.78 is 45.9. The number of aliphatic hydroxyl groups is 1. The summed E-state index contributed by atoms with van der Waals surface area (Å²) in [5, 5.41) is 19.4. The van der Waals surface area contributed by atoms with Gasteiger partial charge in [0.2, 0.25) is 5.89 Å². The third-order valence-corrected chi connectivity index (χ3v) is 8.16. The Bertz CT molecular complexity index is 1420. The van der Waals surface area contributed by atoms with Crippen LogP contribution in [0.1, 0.15) is 31.6 Å². The SMILES string of the molecule is CNCC1=CCC(c2nnc(-c3nc(-c4ccc(S(=O)(=O)C(C)CCO)c(F)c4)cnc3N)o2)C=C1. The molecule has 190 valence electrons. The fourth-order valence-electron chi connectivity index (χ4n) is 3.80. The molecule has 10 nitrogen and oxygen atoms in total. The fourth-order valence-corrected chi connectivity index (χ4v) is 5.24. The van der Waals surface area contributed by atoms with Gasteiger partial charge in [-0.2, -0.15) is 0 Å². The van der Waals surface area contributed by atoms with Crippen LogP contribution in [-0.2, 0) is 9.84 Å². The highest BCUT2D eigenvalue weighted by Crippen LogP contribution is 2.31. The van der Waals surface area contributed by atoms with Gasteiger partial charge in [0.05, 0.1) is 23.1 Å². The molecule has 2 atom stereocenters. The van der Waals surface area contributed by atoms with E-state index in [1.165, 1.54) is 30.8 Å². The Kier molecular flexibility index (Phi) is 7.57. The number of nitrogen functional groups attached to an aromatic ring is 1. The van der Waals surface area contributed by atoms with E-state index in [4.69, 9.17) is 15.3 Å². The summed E-state index contributed by atoms with van der Waals surface area (Å²) in [6.45, 7) is 1.88. The molecule has 0 radical (unpaired) electrons. The average Bonchev–Trinajstić information content (AvgIpc) is 3.35. The van der Waals surface area contributed by atoms with Gasteiger partial charge in [0.25, 0.3) is 5.89 Å². The molecular weight excluding hydrogens is 487 g/mol. The predicted octanol–water partition coefficient (Wildman–Crippen LogP) is 2.65. The van der Waals surface area contributed by atoms with Crippen LogP contribution in [0.2, 0.25) is 0 Å². The molecule has 0 amide bonds. The number of hydrogen-bond donors (Lipinski definition) is 3. The van der Waals surface area contributed by atoms with E-state index in [9.17, 15) is 12.8 Å². The van der Waals surface area contributed by atoms with Crippen LogP contribution >= 0.6 is 0 Å². The van der Waals surface area contributed by atoms with Crippen molar-refractivity contribution in [2.24, 2.45) is 0 Å². The molecular formula is C24H27FN6O4S. The first-order chi connectivity index (χ1) is 17.2. The molecule has 2 aromatic heterocycles. The Morgan fingerprint density at radius 1 is 1.33 bits per heavy atom. The molecule has 0 saturated heterocycles. The van der Waals surface area contributed by atoms with Gasteiger partial charge in [-0.15, -0.1) is 10.2 Å². The molecule has 0 spiro atoms. The number of likely N-dealkylation sites (N-methyl/N-ethyl adjacent to an activating group) is 1. The second kappa shape index (κ2) is 10.6. The molecule has 3 aromatic rings. The number of nitrogens with two attached hydrogens (primary N) is 1. The van der Waals surface area contributed by atoms with E-state index in [-0.39, 0.29) is 42.0 Å². The van der Waals surface area contributed by atoms with Crippen molar-refractivity contribution in [3.63, 3.8) is 0 Å². The first-order valence-electron chi connectivity index (χ1n) is 11.4. The third kappa shape index (κ3) is 5.20. The molecule has 2 unspecified atom stereocenters. The quantitative estimate of drug-likeness (QED) is 0.388. The first kappa shape index (κ1) is 25.6. The zero-order valence-corrected chi connectivity index (χ0v) is 20.7. The zero-order chi connectivity index (χ0) is 25.9. The second-order valence-corrected chi connectivity index (χ2v) is 10.8. The molecule has 0 aliphatic heterocycles. The minimum Gasteiger partial charge on any atom is -0.419 e. The Morgan fingerprint density at radius 3 is 2.81 bits per heavy atom. The number of halogens is 1. The lowest BCUT2D eigenvalue weighted by Crippen LogP contribution is -2.20. The van der Waals surface area contributed by atoms with Gasteiger partial charge in [-0.3, -0.25) is 0 Å². The van der Waals surface area contributed by atoms with Crippen molar-refractivity contribution in [3.8, 4) is 22.8 Å². The highest BCUT2D eigenvalue weighted by atomic mass is 32.2. The molecule has 0 fully saturated rings. The summed E-state index contributed by atoms with van der Waals surface area (Å²) in [7, 11) is -2.06. The number of allylic oxidation sites excluding steroid dienone is 2. The molecule has 4 rings (SSSR count). The monoisotopic (exact) mass is 514 g/mol. The number of aliphatic hydroxyl groups excluding tert-OH is 1. The minimum atomic E-state index is -3.94. The average molecular weight is 515 g/mol. The Hall–Kier alpha value is -3.48. The van der Waals surface area contributed by atoms with E-state index in [0.29, 0.717) is 17.9 Å². The number of sulfone groups is 1. The molecule has 0 bridgehead atoms. The highest BCUT2D eigenvalue weighted by molar-refractivity contribution is 7.92. The molecule has 4 N–H and O–H groups in total. The maximum atomic E-state index is 14.8. The summed E-state index contributed by atoms with van der Waals surface area (Å²) in [6, 6.07) is 3.69. The molecule has 2 heterocycles. The molecule has 0 saturated carbocycles. The summed E-state index contributed by atoms with van der Waals surface area (Å²) in [4.78, 5) is 8.12.